The van der Waals surface area contributed by atoms with E-state index < -0.39 is 11.9 Å². The van der Waals surface area contributed by atoms with E-state index in [0.29, 0.717) is 24.7 Å². The van der Waals surface area contributed by atoms with Crippen LogP contribution in [0, 0.1) is 5.92 Å². The van der Waals surface area contributed by atoms with Gasteiger partial charge in [-0.15, -0.1) is 24.8 Å². The maximum atomic E-state index is 12.4. The van der Waals surface area contributed by atoms with Crippen LogP contribution < -0.4 is 5.32 Å². The zero-order chi connectivity index (χ0) is 11.8. The highest BCUT2D eigenvalue weighted by Crippen LogP contribution is 2.30. The van der Waals surface area contributed by atoms with Crippen molar-refractivity contribution in [1.82, 2.24) is 14.9 Å². The van der Waals surface area contributed by atoms with Crippen LogP contribution in [0.1, 0.15) is 17.9 Å². The van der Waals surface area contributed by atoms with E-state index in [1.165, 1.54) is 0 Å². The number of rotatable bonds is 2. The number of aromatic nitrogens is 2. The molecule has 1 aliphatic heterocycles. The molecule has 0 saturated heterocycles. The van der Waals surface area contributed by atoms with Crippen molar-refractivity contribution in [2.75, 3.05) is 13.6 Å². The van der Waals surface area contributed by atoms with E-state index >= 15 is 0 Å². The normalized spacial score (nSPS) is 18.6. The fourth-order valence-electron chi connectivity index (χ4n) is 2.11. The molecule has 0 bridgehead atoms. The minimum Gasteiger partial charge on any atom is -0.334 e. The molecular formula is C10H16Cl2F3N3. The van der Waals surface area contributed by atoms with Crippen molar-refractivity contribution in [3.8, 4) is 0 Å². The van der Waals surface area contributed by atoms with Crippen molar-refractivity contribution >= 4 is 24.8 Å². The summed E-state index contributed by atoms with van der Waals surface area (Å²) in [4.78, 5) is 3.63. The molecule has 1 atom stereocenters. The molecule has 1 unspecified atom stereocenters. The van der Waals surface area contributed by atoms with E-state index in [2.05, 4.69) is 10.3 Å². The highest BCUT2D eigenvalue weighted by Gasteiger charge is 2.35. The van der Waals surface area contributed by atoms with Crippen molar-refractivity contribution < 1.29 is 13.2 Å². The summed E-state index contributed by atoms with van der Waals surface area (Å²) in [6, 6.07) is 0. The maximum absolute atomic E-state index is 12.4. The fourth-order valence-corrected chi connectivity index (χ4v) is 2.11. The van der Waals surface area contributed by atoms with Crippen molar-refractivity contribution in [2.24, 2.45) is 5.92 Å². The lowest BCUT2D eigenvalue weighted by Gasteiger charge is -2.23. The molecule has 0 saturated carbocycles. The van der Waals surface area contributed by atoms with Gasteiger partial charge in [-0.2, -0.15) is 13.2 Å². The van der Waals surface area contributed by atoms with Gasteiger partial charge in [0.25, 0.3) is 0 Å². The van der Waals surface area contributed by atoms with E-state index in [4.69, 9.17) is 0 Å². The lowest BCUT2D eigenvalue weighted by molar-refractivity contribution is -0.141. The minimum atomic E-state index is -4.33. The molecule has 1 aliphatic rings. The van der Waals surface area contributed by atoms with Gasteiger partial charge < -0.3 is 9.88 Å². The van der Waals surface area contributed by atoms with Crippen LogP contribution in [0.3, 0.4) is 0 Å². The van der Waals surface area contributed by atoms with Gasteiger partial charge in [0.05, 0.1) is 0 Å². The maximum Gasteiger partial charge on any atom is 0.434 e. The van der Waals surface area contributed by atoms with Crippen molar-refractivity contribution in [3.05, 3.63) is 17.7 Å². The molecule has 1 aromatic heterocycles. The Kier molecular flexibility index (Phi) is 6.46. The molecule has 1 aromatic rings. The second-order valence-corrected chi connectivity index (χ2v) is 4.15. The summed E-state index contributed by atoms with van der Waals surface area (Å²) in [6.45, 7) is 1.46. The van der Waals surface area contributed by atoms with Gasteiger partial charge in [0.15, 0.2) is 5.69 Å². The topological polar surface area (TPSA) is 29.9 Å². The lowest BCUT2D eigenvalue weighted by Crippen LogP contribution is -2.27. The molecule has 106 valence electrons. The quantitative estimate of drug-likeness (QED) is 0.910. The SMILES string of the molecule is CNCC1CCc2nc(C(F)(F)F)cn2C1.Cl.Cl. The third-order valence-corrected chi connectivity index (χ3v) is 2.87. The molecule has 18 heavy (non-hydrogen) atoms. The summed E-state index contributed by atoms with van der Waals surface area (Å²) >= 11 is 0. The van der Waals surface area contributed by atoms with Crippen LogP contribution in [0.15, 0.2) is 6.20 Å². The molecule has 1 N–H and O–H groups in total. The van der Waals surface area contributed by atoms with Crippen LogP contribution >= 0.6 is 24.8 Å². The Hall–Kier alpha value is -0.460. The van der Waals surface area contributed by atoms with Gasteiger partial charge in [0.2, 0.25) is 0 Å². The minimum absolute atomic E-state index is 0. The molecule has 8 heteroatoms. The number of nitrogens with zero attached hydrogens (tertiary/aromatic N) is 2. The molecule has 0 aromatic carbocycles. The molecule has 0 amide bonds. The van der Waals surface area contributed by atoms with Crippen LogP contribution in [0.2, 0.25) is 0 Å². The van der Waals surface area contributed by atoms with Gasteiger partial charge in [-0.05, 0) is 25.9 Å². The van der Waals surface area contributed by atoms with E-state index in [1.807, 2.05) is 7.05 Å². The molecule has 0 fully saturated rings. The Balaban J connectivity index is 0.00000144. The van der Waals surface area contributed by atoms with Crippen molar-refractivity contribution in [1.29, 1.82) is 0 Å². The van der Waals surface area contributed by atoms with Crippen LogP contribution in [0.25, 0.3) is 0 Å². The molecule has 2 heterocycles. The summed E-state index contributed by atoms with van der Waals surface area (Å²) < 4.78 is 38.9. The molecule has 3 nitrogen and oxygen atoms in total. The number of nitrogens with one attached hydrogen (secondary N) is 1. The first-order chi connectivity index (χ1) is 7.50. The van der Waals surface area contributed by atoms with Crippen LogP contribution in [0.4, 0.5) is 13.2 Å². The fraction of sp³-hybridized carbons (Fsp3) is 0.700. The van der Waals surface area contributed by atoms with Gasteiger partial charge in [0, 0.05) is 19.2 Å². The monoisotopic (exact) mass is 305 g/mol. The smallest absolute Gasteiger partial charge is 0.334 e. The summed E-state index contributed by atoms with van der Waals surface area (Å²) in [6.07, 6.45) is -1.68. The molecule has 0 aliphatic carbocycles. The van der Waals surface area contributed by atoms with E-state index in [0.717, 1.165) is 19.2 Å². The molecule has 0 radical (unpaired) electrons. The van der Waals surface area contributed by atoms with Gasteiger partial charge in [-0.1, -0.05) is 0 Å². The number of imidazole rings is 1. The van der Waals surface area contributed by atoms with Gasteiger partial charge in [0.1, 0.15) is 5.82 Å². The lowest BCUT2D eigenvalue weighted by atomic mass is 10.00. The number of aryl methyl sites for hydroxylation is 1. The highest BCUT2D eigenvalue weighted by molar-refractivity contribution is 5.85. The Labute approximate surface area is 116 Å². The van der Waals surface area contributed by atoms with Crippen molar-refractivity contribution in [2.45, 2.75) is 25.6 Å². The first-order valence-electron chi connectivity index (χ1n) is 5.28. The van der Waals surface area contributed by atoms with Gasteiger partial charge >= 0.3 is 6.18 Å². The van der Waals surface area contributed by atoms with E-state index in [-0.39, 0.29) is 24.8 Å². The largest absolute Gasteiger partial charge is 0.434 e. The first-order valence-corrected chi connectivity index (χ1v) is 5.28. The Bertz CT molecular complexity index is 379. The third-order valence-electron chi connectivity index (χ3n) is 2.87. The zero-order valence-electron chi connectivity index (χ0n) is 9.83. The zero-order valence-corrected chi connectivity index (χ0v) is 11.5. The number of hydrogen-bond donors (Lipinski definition) is 1. The third kappa shape index (κ3) is 3.76. The summed E-state index contributed by atoms with van der Waals surface area (Å²) in [5.41, 5.74) is -0.771. The van der Waals surface area contributed by atoms with E-state index in [1.54, 1.807) is 4.57 Å². The predicted octanol–water partition coefficient (Wildman–Crippen LogP) is 2.53. The Morgan fingerprint density at radius 2 is 2.11 bits per heavy atom. The van der Waals surface area contributed by atoms with E-state index in [9.17, 15) is 13.2 Å². The highest BCUT2D eigenvalue weighted by atomic mass is 35.5. The number of fused-ring (bicyclic) bond motifs is 1. The standard InChI is InChI=1S/C10H14F3N3.2ClH/c1-14-4-7-2-3-9-15-8(10(11,12)13)6-16(9)5-7;;/h6-7,14H,2-5H2,1H3;2*1H. The average molecular weight is 306 g/mol. The van der Waals surface area contributed by atoms with Crippen LogP contribution in [-0.2, 0) is 19.1 Å². The summed E-state index contributed by atoms with van der Waals surface area (Å²) in [5, 5.41) is 3.05. The van der Waals surface area contributed by atoms with Crippen molar-refractivity contribution in [3.63, 3.8) is 0 Å². The summed E-state index contributed by atoms with van der Waals surface area (Å²) in [7, 11) is 1.85. The van der Waals surface area contributed by atoms with Gasteiger partial charge in [-0.3, -0.25) is 0 Å². The Morgan fingerprint density at radius 3 is 2.67 bits per heavy atom. The molecule has 2 rings (SSSR count). The second-order valence-electron chi connectivity index (χ2n) is 4.15. The second kappa shape index (κ2) is 6.63. The van der Waals surface area contributed by atoms with Gasteiger partial charge in [-0.25, -0.2) is 4.98 Å². The van der Waals surface area contributed by atoms with Crippen LogP contribution in [0.5, 0.6) is 0 Å². The summed E-state index contributed by atoms with van der Waals surface area (Å²) in [5.74, 6) is 0.951. The Morgan fingerprint density at radius 1 is 1.44 bits per heavy atom. The number of alkyl halides is 3. The first kappa shape index (κ1) is 17.5. The van der Waals surface area contributed by atoms with Crippen LogP contribution in [-0.4, -0.2) is 23.1 Å². The number of hydrogen-bond acceptors (Lipinski definition) is 2. The average Bonchev–Trinajstić information content (AvgIpc) is 2.60. The molecule has 0 spiro atoms. The molecular weight excluding hydrogens is 290 g/mol. The number of halogens is 5. The predicted molar refractivity (Wildman–Crippen MR) is 67.5 cm³/mol.